The molecule has 0 amide bonds. The lowest BCUT2D eigenvalue weighted by Crippen LogP contribution is -2.35. The molecule has 0 atom stereocenters. The number of methoxy groups -OCH3 is 2. The molecule has 0 bridgehead atoms. The fourth-order valence-electron chi connectivity index (χ4n) is 3.97. The van der Waals surface area contributed by atoms with E-state index < -0.39 is 0 Å². The monoisotopic (exact) mass is 379 g/mol. The molecule has 1 fully saturated rings. The summed E-state index contributed by atoms with van der Waals surface area (Å²) in [4.78, 5) is 0. The molecule has 0 aliphatic heterocycles. The first kappa shape index (κ1) is 18.3. The summed E-state index contributed by atoms with van der Waals surface area (Å²) in [5.41, 5.74) is 2.86. The molecule has 2 aromatic carbocycles. The fourth-order valence-corrected chi connectivity index (χ4v) is 3.97. The van der Waals surface area contributed by atoms with Crippen LogP contribution in [0.4, 0.5) is 5.69 Å². The second-order valence-electron chi connectivity index (χ2n) is 7.18. The number of tetrazole rings is 1. The Bertz CT molecular complexity index is 963. The van der Waals surface area contributed by atoms with E-state index in [9.17, 15) is 0 Å². The molecular formula is C21H25N5O2. The average molecular weight is 379 g/mol. The van der Waals surface area contributed by atoms with Crippen molar-refractivity contribution in [1.82, 2.24) is 20.2 Å². The van der Waals surface area contributed by atoms with Gasteiger partial charge in [0.25, 0.3) is 0 Å². The Hall–Kier alpha value is -3.09. The highest BCUT2D eigenvalue weighted by molar-refractivity contribution is 5.54. The van der Waals surface area contributed by atoms with Gasteiger partial charge in [-0.15, -0.1) is 5.10 Å². The topological polar surface area (TPSA) is 74.1 Å². The number of benzene rings is 2. The summed E-state index contributed by atoms with van der Waals surface area (Å²) in [6.07, 6.45) is 4.24. The van der Waals surface area contributed by atoms with Crippen molar-refractivity contribution in [2.45, 2.75) is 38.1 Å². The Kier molecular flexibility index (Phi) is 4.90. The first-order valence-electron chi connectivity index (χ1n) is 9.52. The number of rotatable bonds is 6. The van der Waals surface area contributed by atoms with E-state index in [1.54, 1.807) is 18.9 Å². The summed E-state index contributed by atoms with van der Waals surface area (Å²) in [5, 5.41) is 16.5. The second-order valence-corrected chi connectivity index (χ2v) is 7.18. The van der Waals surface area contributed by atoms with Crippen molar-refractivity contribution < 1.29 is 9.47 Å². The lowest BCUT2D eigenvalue weighted by atomic mass is 9.95. The molecule has 7 heteroatoms. The van der Waals surface area contributed by atoms with E-state index >= 15 is 0 Å². The van der Waals surface area contributed by atoms with E-state index in [1.165, 1.54) is 5.56 Å². The van der Waals surface area contributed by atoms with Gasteiger partial charge in [0, 0.05) is 11.8 Å². The molecule has 1 heterocycles. The molecule has 28 heavy (non-hydrogen) atoms. The predicted molar refractivity (Wildman–Crippen MR) is 107 cm³/mol. The van der Waals surface area contributed by atoms with Gasteiger partial charge in [0.05, 0.1) is 25.4 Å². The van der Waals surface area contributed by atoms with E-state index in [0.717, 1.165) is 42.9 Å². The van der Waals surface area contributed by atoms with E-state index in [0.29, 0.717) is 11.5 Å². The lowest BCUT2D eigenvalue weighted by Gasteiger charge is -2.31. The van der Waals surface area contributed by atoms with Crippen LogP contribution in [0.1, 0.15) is 37.1 Å². The quantitative estimate of drug-likeness (QED) is 0.701. The Morgan fingerprint density at radius 3 is 2.46 bits per heavy atom. The Labute approximate surface area is 164 Å². The van der Waals surface area contributed by atoms with E-state index in [-0.39, 0.29) is 5.54 Å². The third-order valence-corrected chi connectivity index (χ3v) is 5.49. The maximum atomic E-state index is 5.45. The molecule has 1 saturated carbocycles. The molecule has 1 aliphatic carbocycles. The van der Waals surface area contributed by atoms with Crippen LogP contribution >= 0.6 is 0 Å². The maximum Gasteiger partial charge on any atom is 0.181 e. The largest absolute Gasteiger partial charge is 0.493 e. The minimum atomic E-state index is -0.303. The zero-order valence-electron chi connectivity index (χ0n) is 16.5. The van der Waals surface area contributed by atoms with Crippen LogP contribution in [-0.2, 0) is 5.54 Å². The van der Waals surface area contributed by atoms with E-state index in [4.69, 9.17) is 9.47 Å². The van der Waals surface area contributed by atoms with Gasteiger partial charge in [0.2, 0.25) is 0 Å². The lowest BCUT2D eigenvalue weighted by molar-refractivity contribution is 0.354. The van der Waals surface area contributed by atoms with Gasteiger partial charge >= 0.3 is 0 Å². The van der Waals surface area contributed by atoms with Crippen LogP contribution < -0.4 is 14.8 Å². The summed E-state index contributed by atoms with van der Waals surface area (Å²) in [7, 11) is 3.25. The minimum Gasteiger partial charge on any atom is -0.493 e. The molecule has 0 spiro atoms. The molecule has 4 rings (SSSR count). The summed E-state index contributed by atoms with van der Waals surface area (Å²) in [6.45, 7) is 2.11. The van der Waals surface area contributed by atoms with Crippen molar-refractivity contribution in [3.8, 4) is 17.2 Å². The number of hydrogen-bond acceptors (Lipinski definition) is 6. The van der Waals surface area contributed by atoms with Gasteiger partial charge in [-0.05, 0) is 54.0 Å². The summed E-state index contributed by atoms with van der Waals surface area (Å²) in [5.74, 6) is 2.14. The van der Waals surface area contributed by atoms with Gasteiger partial charge in [0.1, 0.15) is 0 Å². The van der Waals surface area contributed by atoms with Crippen LogP contribution in [0.5, 0.6) is 11.5 Å². The number of aromatic nitrogens is 4. The number of aryl methyl sites for hydroxylation is 1. The molecule has 1 aliphatic rings. The molecule has 1 N–H and O–H groups in total. The van der Waals surface area contributed by atoms with Crippen molar-refractivity contribution in [2.75, 3.05) is 19.5 Å². The Balaban J connectivity index is 1.77. The Morgan fingerprint density at radius 1 is 1.00 bits per heavy atom. The van der Waals surface area contributed by atoms with Crippen LogP contribution in [0.2, 0.25) is 0 Å². The van der Waals surface area contributed by atoms with Crippen LogP contribution in [0.15, 0.2) is 42.5 Å². The van der Waals surface area contributed by atoms with Gasteiger partial charge in [-0.1, -0.05) is 31.0 Å². The molecule has 146 valence electrons. The summed E-state index contributed by atoms with van der Waals surface area (Å²) < 4.78 is 12.6. The fraction of sp³-hybridized carbons (Fsp3) is 0.381. The Morgan fingerprint density at radius 2 is 1.75 bits per heavy atom. The number of nitrogens with one attached hydrogen (secondary N) is 1. The van der Waals surface area contributed by atoms with Gasteiger partial charge in [-0.3, -0.25) is 0 Å². The number of ether oxygens (including phenoxy) is 2. The van der Waals surface area contributed by atoms with Gasteiger partial charge in [-0.2, -0.15) is 4.68 Å². The van der Waals surface area contributed by atoms with E-state index in [2.05, 4.69) is 52.0 Å². The van der Waals surface area contributed by atoms with E-state index in [1.807, 2.05) is 18.2 Å². The van der Waals surface area contributed by atoms with Crippen LogP contribution in [0.25, 0.3) is 5.69 Å². The first-order chi connectivity index (χ1) is 13.7. The summed E-state index contributed by atoms with van der Waals surface area (Å²) >= 11 is 0. The highest BCUT2D eigenvalue weighted by Gasteiger charge is 2.41. The van der Waals surface area contributed by atoms with Crippen molar-refractivity contribution in [1.29, 1.82) is 0 Å². The molecule has 0 unspecified atom stereocenters. The third-order valence-electron chi connectivity index (χ3n) is 5.49. The standard InChI is InChI=1S/C21H25N5O2/c1-15-8-4-5-9-17(15)22-21(12-6-7-13-21)20-23-24-25-26(20)16-10-11-18(27-2)19(14-16)28-3/h4-5,8-11,14,22H,6-7,12-13H2,1-3H3. The smallest absolute Gasteiger partial charge is 0.181 e. The van der Waals surface area contributed by atoms with Crippen molar-refractivity contribution in [3.05, 3.63) is 53.9 Å². The van der Waals surface area contributed by atoms with Crippen molar-refractivity contribution in [2.24, 2.45) is 0 Å². The van der Waals surface area contributed by atoms with Crippen molar-refractivity contribution >= 4 is 5.69 Å². The second kappa shape index (κ2) is 7.50. The number of hydrogen-bond donors (Lipinski definition) is 1. The van der Waals surface area contributed by atoms with Crippen LogP contribution in [0, 0.1) is 6.92 Å². The molecule has 1 aromatic heterocycles. The molecule has 7 nitrogen and oxygen atoms in total. The van der Waals surface area contributed by atoms with Gasteiger partial charge in [0.15, 0.2) is 17.3 Å². The number of para-hydroxylation sites is 1. The zero-order valence-corrected chi connectivity index (χ0v) is 16.5. The summed E-state index contributed by atoms with van der Waals surface area (Å²) in [6, 6.07) is 14.0. The molecule has 0 radical (unpaired) electrons. The van der Waals surface area contributed by atoms with Crippen LogP contribution in [0.3, 0.4) is 0 Å². The highest BCUT2D eigenvalue weighted by Crippen LogP contribution is 2.42. The first-order valence-corrected chi connectivity index (χ1v) is 9.52. The van der Waals surface area contributed by atoms with Crippen LogP contribution in [-0.4, -0.2) is 34.4 Å². The predicted octanol–water partition coefficient (Wildman–Crippen LogP) is 3.87. The third kappa shape index (κ3) is 3.17. The van der Waals surface area contributed by atoms with Crippen molar-refractivity contribution in [3.63, 3.8) is 0 Å². The highest BCUT2D eigenvalue weighted by atomic mass is 16.5. The minimum absolute atomic E-state index is 0.303. The zero-order chi connectivity index (χ0) is 19.6. The van der Waals surface area contributed by atoms with Gasteiger partial charge in [-0.25, -0.2) is 0 Å². The normalized spacial score (nSPS) is 15.4. The molecular weight excluding hydrogens is 354 g/mol. The number of anilines is 1. The average Bonchev–Trinajstić information content (AvgIpc) is 3.39. The molecule has 0 saturated heterocycles. The molecule has 3 aromatic rings. The SMILES string of the molecule is COc1ccc(-n2nnnc2C2(Nc3ccccc3C)CCCC2)cc1OC. The number of nitrogens with zero attached hydrogens (tertiary/aromatic N) is 4. The van der Waals surface area contributed by atoms with Gasteiger partial charge < -0.3 is 14.8 Å². The maximum absolute atomic E-state index is 5.45.